The van der Waals surface area contributed by atoms with E-state index in [0.29, 0.717) is 0 Å². The molecule has 0 saturated heterocycles. The number of hydrogen-bond donors (Lipinski definition) is 0. The first-order valence-electron chi connectivity index (χ1n) is 17.3. The van der Waals surface area contributed by atoms with Crippen molar-refractivity contribution >= 4 is 38.9 Å². The van der Waals surface area contributed by atoms with Gasteiger partial charge in [0.2, 0.25) is 0 Å². The van der Waals surface area contributed by atoms with Gasteiger partial charge in [-0.2, -0.15) is 0 Å². The summed E-state index contributed by atoms with van der Waals surface area (Å²) in [7, 11) is 0. The summed E-state index contributed by atoms with van der Waals surface area (Å²) in [5, 5.41) is 3.64. The van der Waals surface area contributed by atoms with Crippen molar-refractivity contribution in [3.05, 3.63) is 175 Å². The maximum Gasteiger partial charge on any atom is 0.142 e. The highest BCUT2D eigenvalue weighted by Crippen LogP contribution is 2.40. The summed E-state index contributed by atoms with van der Waals surface area (Å²) in [6.07, 6.45) is 6.44. The third kappa shape index (κ3) is 4.70. The van der Waals surface area contributed by atoms with Crippen LogP contribution in [0.4, 0.5) is 0 Å². The molecule has 3 aromatic heterocycles. The highest BCUT2D eigenvalue weighted by molar-refractivity contribution is 6.11. The van der Waals surface area contributed by atoms with Crippen LogP contribution < -0.4 is 0 Å². The van der Waals surface area contributed by atoms with Gasteiger partial charge in [-0.25, -0.2) is 4.98 Å². The fourth-order valence-electron chi connectivity index (χ4n) is 7.63. The number of aryl methyl sites for hydroxylation is 1. The normalized spacial score (nSPS) is 12.6. The smallest absolute Gasteiger partial charge is 0.142 e. The van der Waals surface area contributed by atoms with Gasteiger partial charge in [0.25, 0.3) is 0 Å². The highest BCUT2D eigenvalue weighted by atomic mass is 16.3. The standard InChI is InChI=1S/C47H32N2O/c1-3-12-31(13-4-1)35-29-42(32-14-5-2-6-15-32)48-43(30-35)33-22-25-36(26-23-33)49-44-20-9-7-16-38(44)41-28-34(24-27-45(41)49)37-18-11-19-40-39-17-8-10-21-46(39)50-47(37)40/h1-9,11-20,22-30H,10,21H2. The Morgan fingerprint density at radius 3 is 1.96 bits per heavy atom. The Morgan fingerprint density at radius 1 is 0.500 bits per heavy atom. The number of para-hydroxylation sites is 2. The van der Waals surface area contributed by atoms with Crippen molar-refractivity contribution in [1.82, 2.24) is 9.55 Å². The Hall–Kier alpha value is -6.45. The zero-order valence-corrected chi connectivity index (χ0v) is 27.4. The minimum absolute atomic E-state index is 0.952. The van der Waals surface area contributed by atoms with Crippen molar-refractivity contribution in [2.45, 2.75) is 12.8 Å². The molecule has 1 aliphatic carbocycles. The second kappa shape index (κ2) is 11.6. The molecule has 3 nitrogen and oxygen atoms in total. The van der Waals surface area contributed by atoms with Gasteiger partial charge in [0, 0.05) is 50.5 Å². The first-order valence-corrected chi connectivity index (χ1v) is 17.3. The average Bonchev–Trinajstić information content (AvgIpc) is 3.74. The van der Waals surface area contributed by atoms with E-state index in [4.69, 9.17) is 9.40 Å². The molecule has 9 aromatic rings. The Kier molecular flexibility index (Phi) is 6.63. The molecule has 0 unspecified atom stereocenters. The molecule has 0 N–H and O–H groups in total. The van der Waals surface area contributed by atoms with Crippen molar-refractivity contribution in [3.63, 3.8) is 0 Å². The van der Waals surface area contributed by atoms with Crippen molar-refractivity contribution in [2.75, 3.05) is 0 Å². The number of hydrogen-bond acceptors (Lipinski definition) is 2. The zero-order chi connectivity index (χ0) is 33.0. The third-order valence-electron chi connectivity index (χ3n) is 10.1. The summed E-state index contributed by atoms with van der Waals surface area (Å²) in [5.74, 6) is 1.09. The second-order valence-corrected chi connectivity index (χ2v) is 13.1. The number of pyridine rings is 1. The van der Waals surface area contributed by atoms with Gasteiger partial charge in [0.05, 0.1) is 22.4 Å². The van der Waals surface area contributed by atoms with Gasteiger partial charge in [0.1, 0.15) is 11.3 Å². The summed E-state index contributed by atoms with van der Waals surface area (Å²) in [5.41, 5.74) is 14.4. The lowest BCUT2D eigenvalue weighted by atomic mass is 9.98. The van der Waals surface area contributed by atoms with Crippen LogP contribution in [0, 0.1) is 0 Å². The molecule has 0 radical (unpaired) electrons. The van der Waals surface area contributed by atoms with Crippen molar-refractivity contribution in [3.8, 4) is 50.5 Å². The third-order valence-corrected chi connectivity index (χ3v) is 10.1. The second-order valence-electron chi connectivity index (χ2n) is 13.1. The number of fused-ring (bicyclic) bond motifs is 6. The minimum atomic E-state index is 0.952. The van der Waals surface area contributed by atoms with Crippen LogP contribution in [0.1, 0.15) is 17.7 Å². The molecule has 0 bridgehead atoms. The first-order chi connectivity index (χ1) is 24.8. The molecule has 0 amide bonds. The average molecular weight is 641 g/mol. The fraction of sp³-hybridized carbons (Fsp3) is 0.0426. The molecule has 3 heteroatoms. The van der Waals surface area contributed by atoms with E-state index in [1.54, 1.807) is 0 Å². The van der Waals surface area contributed by atoms with Crippen LogP contribution in [0.25, 0.3) is 89.3 Å². The van der Waals surface area contributed by atoms with E-state index >= 15 is 0 Å². The minimum Gasteiger partial charge on any atom is -0.460 e. The largest absolute Gasteiger partial charge is 0.460 e. The number of nitrogens with zero attached hydrogens (tertiary/aromatic N) is 2. The van der Waals surface area contributed by atoms with Gasteiger partial charge >= 0.3 is 0 Å². The SMILES string of the molecule is C1=Cc2c(oc3c(-c4ccc5c(c4)c4ccccc4n5-c4ccc(-c5cc(-c6ccccc6)cc(-c6ccccc6)n5)cc4)cccc23)CC1. The Morgan fingerprint density at radius 2 is 1.16 bits per heavy atom. The van der Waals surface area contributed by atoms with E-state index in [1.165, 1.54) is 38.3 Å². The maximum absolute atomic E-state index is 6.50. The van der Waals surface area contributed by atoms with E-state index in [-0.39, 0.29) is 0 Å². The van der Waals surface area contributed by atoms with E-state index < -0.39 is 0 Å². The number of aromatic nitrogens is 2. The van der Waals surface area contributed by atoms with Gasteiger partial charge in [-0.1, -0.05) is 127 Å². The molecular weight excluding hydrogens is 609 g/mol. The zero-order valence-electron chi connectivity index (χ0n) is 27.4. The van der Waals surface area contributed by atoms with Crippen molar-refractivity contribution in [1.29, 1.82) is 0 Å². The lowest BCUT2D eigenvalue weighted by molar-refractivity contribution is 0.547. The molecule has 6 aromatic carbocycles. The fourth-order valence-corrected chi connectivity index (χ4v) is 7.63. The van der Waals surface area contributed by atoms with Crippen LogP contribution in [0.5, 0.6) is 0 Å². The highest BCUT2D eigenvalue weighted by Gasteiger charge is 2.19. The van der Waals surface area contributed by atoms with E-state index in [9.17, 15) is 0 Å². The molecule has 1 aliphatic rings. The molecule has 0 aliphatic heterocycles. The van der Waals surface area contributed by atoms with Gasteiger partial charge in [0.15, 0.2) is 0 Å². The van der Waals surface area contributed by atoms with Crippen molar-refractivity contribution in [2.24, 2.45) is 0 Å². The molecule has 10 rings (SSSR count). The predicted molar refractivity (Wildman–Crippen MR) is 207 cm³/mol. The molecule has 3 heterocycles. The van der Waals surface area contributed by atoms with Gasteiger partial charge in [-0.3, -0.25) is 0 Å². The van der Waals surface area contributed by atoms with Gasteiger partial charge in [-0.15, -0.1) is 0 Å². The molecule has 0 atom stereocenters. The van der Waals surface area contributed by atoms with Gasteiger partial charge < -0.3 is 8.98 Å². The number of rotatable bonds is 5. The van der Waals surface area contributed by atoms with Crippen molar-refractivity contribution < 1.29 is 4.42 Å². The Bertz CT molecular complexity index is 2670. The van der Waals surface area contributed by atoms with E-state index in [0.717, 1.165) is 69.1 Å². The number of benzene rings is 6. The van der Waals surface area contributed by atoms with Crippen LogP contribution in [0.2, 0.25) is 0 Å². The van der Waals surface area contributed by atoms with Gasteiger partial charge in [-0.05, 0) is 65.6 Å². The molecule has 0 spiro atoms. The van der Waals surface area contributed by atoms with E-state index in [2.05, 4.69) is 168 Å². The van der Waals surface area contributed by atoms with Crippen LogP contribution in [0.3, 0.4) is 0 Å². The number of furan rings is 1. The lowest BCUT2D eigenvalue weighted by Crippen LogP contribution is -1.95. The van der Waals surface area contributed by atoms with E-state index in [1.807, 2.05) is 6.07 Å². The first kappa shape index (κ1) is 28.6. The Labute approximate surface area is 290 Å². The predicted octanol–water partition coefficient (Wildman–Crippen LogP) is 12.6. The Balaban J connectivity index is 1.08. The monoisotopic (exact) mass is 640 g/mol. The molecule has 0 fully saturated rings. The molecule has 236 valence electrons. The number of allylic oxidation sites excluding steroid dienone is 1. The summed E-state index contributed by atoms with van der Waals surface area (Å²) in [4.78, 5) is 5.15. The summed E-state index contributed by atoms with van der Waals surface area (Å²) in [6.45, 7) is 0. The molecule has 0 saturated carbocycles. The summed E-state index contributed by atoms with van der Waals surface area (Å²) >= 11 is 0. The lowest BCUT2D eigenvalue weighted by Gasteiger charge is -2.12. The molecular formula is C47H32N2O. The van der Waals surface area contributed by atoms with Crippen LogP contribution in [0.15, 0.2) is 168 Å². The summed E-state index contributed by atoms with van der Waals surface area (Å²) < 4.78 is 8.87. The topological polar surface area (TPSA) is 31.0 Å². The quantitative estimate of drug-likeness (QED) is 0.187. The van der Waals surface area contributed by atoms with Crippen LogP contribution >= 0.6 is 0 Å². The summed E-state index contributed by atoms with van der Waals surface area (Å²) in [6, 6.07) is 56.2. The van der Waals surface area contributed by atoms with Crippen LogP contribution in [-0.4, -0.2) is 9.55 Å². The van der Waals surface area contributed by atoms with Crippen LogP contribution in [-0.2, 0) is 6.42 Å². The maximum atomic E-state index is 6.50. The molecule has 50 heavy (non-hydrogen) atoms.